The monoisotopic (exact) mass is 610 g/mol. The first-order chi connectivity index (χ1) is 20.2. The number of hydrogen-bond donors (Lipinski definition) is 4. The van der Waals surface area contributed by atoms with Crippen LogP contribution in [0, 0.1) is 0 Å². The number of hydrogen-bond acceptors (Lipinski definition) is 8. The number of methoxy groups -OCH3 is 2. The second-order valence-electron chi connectivity index (χ2n) is 10.0. The Morgan fingerprint density at radius 2 is 1.02 bits per heavy atom. The van der Waals surface area contributed by atoms with Gasteiger partial charge in [-0.25, -0.2) is 9.97 Å². The smallest absolute Gasteiger partial charge is 0.218 e. The van der Waals surface area contributed by atoms with Crippen LogP contribution in [0.2, 0.25) is 10.0 Å². The van der Waals surface area contributed by atoms with E-state index in [1.807, 2.05) is 60.7 Å². The number of halogens is 2. The first-order valence-corrected chi connectivity index (χ1v) is 14.4. The van der Waals surface area contributed by atoms with Crippen LogP contribution in [0.3, 0.4) is 0 Å². The second-order valence-corrected chi connectivity index (χ2v) is 10.8. The Kier molecular flexibility index (Phi) is 11.2. The van der Waals surface area contributed by atoms with Gasteiger partial charge in [-0.2, -0.15) is 0 Å². The summed E-state index contributed by atoms with van der Waals surface area (Å²) in [5.41, 5.74) is 6.08. The Morgan fingerprint density at radius 1 is 0.643 bits per heavy atom. The molecule has 0 aliphatic heterocycles. The van der Waals surface area contributed by atoms with Gasteiger partial charge in [-0.15, -0.1) is 0 Å². The maximum atomic E-state index is 9.53. The molecule has 0 aliphatic rings. The minimum absolute atomic E-state index is 0.448. The third-order valence-corrected chi connectivity index (χ3v) is 7.43. The van der Waals surface area contributed by atoms with Crippen molar-refractivity contribution in [1.29, 1.82) is 0 Å². The number of aliphatic hydroxyl groups excluding tert-OH is 2. The highest BCUT2D eigenvalue weighted by molar-refractivity contribution is 6.39. The van der Waals surface area contributed by atoms with Crippen molar-refractivity contribution in [3.63, 3.8) is 0 Å². The Balaban J connectivity index is 1.66. The molecule has 2 heterocycles. The molecule has 2 atom stereocenters. The molecule has 10 heteroatoms. The highest BCUT2D eigenvalue weighted by Crippen LogP contribution is 2.42. The van der Waals surface area contributed by atoms with Gasteiger partial charge < -0.3 is 30.3 Å². The van der Waals surface area contributed by atoms with Gasteiger partial charge in [0.15, 0.2) is 0 Å². The van der Waals surface area contributed by atoms with Crippen molar-refractivity contribution < 1.29 is 19.7 Å². The maximum absolute atomic E-state index is 9.53. The number of nitrogens with one attached hydrogen (secondary N) is 2. The van der Waals surface area contributed by atoms with Gasteiger partial charge >= 0.3 is 0 Å². The molecular weight excluding hydrogens is 575 g/mol. The first-order valence-electron chi connectivity index (χ1n) is 13.7. The molecule has 0 saturated carbocycles. The summed E-state index contributed by atoms with van der Waals surface area (Å²) in [6.07, 6.45) is -0.896. The first kappa shape index (κ1) is 31.7. The molecule has 42 heavy (non-hydrogen) atoms. The van der Waals surface area contributed by atoms with Crippen molar-refractivity contribution in [3.05, 3.63) is 81.8 Å². The van der Waals surface area contributed by atoms with Gasteiger partial charge in [0, 0.05) is 59.6 Å². The Morgan fingerprint density at radius 3 is 1.38 bits per heavy atom. The molecule has 222 valence electrons. The summed E-state index contributed by atoms with van der Waals surface area (Å²) in [7, 11) is 3.16. The summed E-state index contributed by atoms with van der Waals surface area (Å²) < 4.78 is 11.1. The maximum Gasteiger partial charge on any atom is 0.218 e. The van der Waals surface area contributed by atoms with Crippen molar-refractivity contribution in [3.8, 4) is 45.4 Å². The van der Waals surface area contributed by atoms with Gasteiger partial charge in [0.25, 0.3) is 0 Å². The van der Waals surface area contributed by atoms with Crippen LogP contribution in [0.15, 0.2) is 60.7 Å². The van der Waals surface area contributed by atoms with Crippen LogP contribution in [-0.4, -0.2) is 59.7 Å². The fourth-order valence-corrected chi connectivity index (χ4v) is 5.22. The molecule has 2 aromatic carbocycles. The average Bonchev–Trinajstić information content (AvgIpc) is 2.97. The lowest BCUT2D eigenvalue weighted by Gasteiger charge is -2.16. The van der Waals surface area contributed by atoms with Crippen LogP contribution in [-0.2, 0) is 13.1 Å². The van der Waals surface area contributed by atoms with Gasteiger partial charge in [-0.05, 0) is 26.0 Å². The lowest BCUT2D eigenvalue weighted by Crippen LogP contribution is -2.24. The minimum atomic E-state index is -0.448. The Labute approximate surface area is 256 Å². The molecule has 4 aromatic rings. The van der Waals surface area contributed by atoms with Crippen LogP contribution in [0.5, 0.6) is 11.8 Å². The van der Waals surface area contributed by atoms with Gasteiger partial charge in [-0.3, -0.25) is 0 Å². The summed E-state index contributed by atoms with van der Waals surface area (Å²) in [6.45, 7) is 5.40. The molecule has 0 spiro atoms. The predicted octanol–water partition coefficient (Wildman–Crippen LogP) is 5.74. The average molecular weight is 612 g/mol. The van der Waals surface area contributed by atoms with Crippen molar-refractivity contribution in [2.75, 3.05) is 27.3 Å². The largest absolute Gasteiger partial charge is 0.481 e. The molecule has 0 unspecified atom stereocenters. The highest BCUT2D eigenvalue weighted by Gasteiger charge is 2.18. The van der Waals surface area contributed by atoms with Crippen LogP contribution >= 0.6 is 23.2 Å². The van der Waals surface area contributed by atoms with Gasteiger partial charge in [-0.1, -0.05) is 71.7 Å². The van der Waals surface area contributed by atoms with E-state index in [9.17, 15) is 10.2 Å². The van der Waals surface area contributed by atoms with E-state index >= 15 is 0 Å². The minimum Gasteiger partial charge on any atom is -0.481 e. The topological polar surface area (TPSA) is 109 Å². The molecule has 4 rings (SSSR count). The summed E-state index contributed by atoms with van der Waals surface area (Å²) >= 11 is 14.0. The summed E-state index contributed by atoms with van der Waals surface area (Å²) in [4.78, 5) is 9.43. The number of aliphatic hydroxyl groups is 2. The van der Waals surface area contributed by atoms with E-state index in [-0.39, 0.29) is 0 Å². The molecule has 2 aromatic heterocycles. The van der Waals surface area contributed by atoms with Crippen LogP contribution in [0.1, 0.15) is 25.0 Å². The molecule has 0 aliphatic carbocycles. The SMILES string of the molecule is COc1nc(-c2cccc(-c3cccc(-c4ccc(CNC[C@H](C)O)c(OC)n4)c3Cl)c2Cl)ccc1CNC[C@H](C)O. The van der Waals surface area contributed by atoms with E-state index in [4.69, 9.17) is 42.6 Å². The normalized spacial score (nSPS) is 12.7. The van der Waals surface area contributed by atoms with Gasteiger partial charge in [0.2, 0.25) is 11.8 Å². The quantitative estimate of drug-likeness (QED) is 0.152. The molecule has 0 saturated heterocycles. The van der Waals surface area contributed by atoms with E-state index in [0.717, 1.165) is 33.4 Å². The third-order valence-electron chi connectivity index (χ3n) is 6.61. The molecular formula is C32H36Cl2N4O4. The zero-order valence-electron chi connectivity index (χ0n) is 24.1. The van der Waals surface area contributed by atoms with Crippen molar-refractivity contribution in [1.82, 2.24) is 20.6 Å². The number of nitrogens with zero attached hydrogens (tertiary/aromatic N) is 2. The zero-order chi connectivity index (χ0) is 30.2. The third kappa shape index (κ3) is 7.58. The van der Waals surface area contributed by atoms with E-state index in [2.05, 4.69) is 10.6 Å². The van der Waals surface area contributed by atoms with Crippen molar-refractivity contribution in [2.45, 2.75) is 39.1 Å². The molecule has 0 fully saturated rings. The number of aromatic nitrogens is 2. The second kappa shape index (κ2) is 14.8. The Bertz CT molecular complexity index is 1400. The molecule has 0 amide bonds. The van der Waals surface area contributed by atoms with Gasteiger partial charge in [0.05, 0.1) is 47.9 Å². The lowest BCUT2D eigenvalue weighted by molar-refractivity contribution is 0.190. The summed E-state index contributed by atoms with van der Waals surface area (Å²) in [6, 6.07) is 19.2. The molecule has 0 bridgehead atoms. The van der Waals surface area contributed by atoms with Gasteiger partial charge in [0.1, 0.15) is 0 Å². The highest BCUT2D eigenvalue weighted by atomic mass is 35.5. The van der Waals surface area contributed by atoms with Crippen LogP contribution < -0.4 is 20.1 Å². The molecule has 0 radical (unpaired) electrons. The van der Waals surface area contributed by atoms with Crippen LogP contribution in [0.4, 0.5) is 0 Å². The lowest BCUT2D eigenvalue weighted by atomic mass is 9.98. The fourth-order valence-electron chi connectivity index (χ4n) is 4.57. The standard InChI is InChI=1S/C32H36Cl2N4O4/c1-19(39)15-35-17-21-11-13-27(37-31(21)41-3)25-9-5-7-23(29(25)33)24-8-6-10-26(30(24)34)28-14-12-22(32(38-28)42-4)18-36-16-20(2)40/h5-14,19-20,35-36,39-40H,15-18H2,1-4H3/t19-,20-/m0/s1. The van der Waals surface area contributed by atoms with Crippen molar-refractivity contribution in [2.24, 2.45) is 0 Å². The zero-order valence-corrected chi connectivity index (χ0v) is 25.6. The van der Waals surface area contributed by atoms with E-state index < -0.39 is 12.2 Å². The van der Waals surface area contributed by atoms with Crippen LogP contribution in [0.25, 0.3) is 33.6 Å². The van der Waals surface area contributed by atoms with E-state index in [0.29, 0.717) is 59.4 Å². The number of benzene rings is 2. The summed E-state index contributed by atoms with van der Waals surface area (Å²) in [5.74, 6) is 0.966. The summed E-state index contributed by atoms with van der Waals surface area (Å²) in [5, 5.41) is 26.5. The van der Waals surface area contributed by atoms with E-state index in [1.165, 1.54) is 0 Å². The number of rotatable bonds is 13. The number of pyridine rings is 2. The fraction of sp³-hybridized carbons (Fsp3) is 0.312. The molecule has 8 nitrogen and oxygen atoms in total. The van der Waals surface area contributed by atoms with E-state index in [1.54, 1.807) is 28.1 Å². The number of ether oxygens (including phenoxy) is 2. The molecule has 4 N–H and O–H groups in total. The Hall–Kier alpha value is -3.24. The van der Waals surface area contributed by atoms with Crippen molar-refractivity contribution >= 4 is 23.2 Å². The predicted molar refractivity (Wildman–Crippen MR) is 168 cm³/mol.